The summed E-state index contributed by atoms with van der Waals surface area (Å²) in [6, 6.07) is 4.37. The number of carbonyl (C=O) groups excluding carboxylic acids is 1. The van der Waals surface area contributed by atoms with E-state index in [-0.39, 0.29) is 36.8 Å². The Labute approximate surface area is 166 Å². The van der Waals surface area contributed by atoms with Crippen LogP contribution in [-0.4, -0.2) is 32.5 Å². The third-order valence-corrected chi connectivity index (χ3v) is 5.25. The molecule has 1 aliphatic heterocycles. The molecule has 2 aliphatic rings. The van der Waals surface area contributed by atoms with Crippen LogP contribution in [0.2, 0.25) is 0 Å². The Bertz CT molecular complexity index is 695. The molecule has 0 bridgehead atoms. The van der Waals surface area contributed by atoms with Crippen LogP contribution in [0.25, 0.3) is 5.82 Å². The molecule has 1 aliphatic carbocycles. The van der Waals surface area contributed by atoms with E-state index in [1.54, 1.807) is 18.7 Å². The van der Waals surface area contributed by atoms with Gasteiger partial charge in [0.15, 0.2) is 0 Å². The molecule has 0 aromatic carbocycles. The molecule has 142 valence electrons. The maximum absolute atomic E-state index is 12.5. The van der Waals surface area contributed by atoms with E-state index in [4.69, 9.17) is 0 Å². The van der Waals surface area contributed by atoms with Crippen LogP contribution in [0.3, 0.4) is 0 Å². The fraction of sp³-hybridized carbons (Fsp3) is 0.500. The third-order valence-electron chi connectivity index (χ3n) is 5.25. The Balaban J connectivity index is 0.00000121. The molecule has 0 spiro atoms. The van der Waals surface area contributed by atoms with E-state index in [0.717, 1.165) is 17.8 Å². The summed E-state index contributed by atoms with van der Waals surface area (Å²) in [5.74, 6) is 1.59. The predicted molar refractivity (Wildman–Crippen MR) is 105 cm³/mol. The smallest absolute Gasteiger partial charge is 0.237 e. The number of halogens is 2. The molecule has 2 N–H and O–H groups in total. The van der Waals surface area contributed by atoms with Crippen molar-refractivity contribution in [2.75, 3.05) is 0 Å². The second-order valence-corrected chi connectivity index (χ2v) is 6.78. The van der Waals surface area contributed by atoms with Gasteiger partial charge in [-0.2, -0.15) is 0 Å². The number of carbonyl (C=O) groups is 1. The van der Waals surface area contributed by atoms with E-state index in [2.05, 4.69) is 20.6 Å². The highest BCUT2D eigenvalue weighted by molar-refractivity contribution is 5.85. The van der Waals surface area contributed by atoms with E-state index in [0.29, 0.717) is 18.5 Å². The molecule has 1 saturated heterocycles. The van der Waals surface area contributed by atoms with Crippen molar-refractivity contribution in [3.8, 4) is 5.82 Å². The molecule has 4 rings (SSSR count). The van der Waals surface area contributed by atoms with Gasteiger partial charge in [-0.15, -0.1) is 24.8 Å². The molecule has 3 atom stereocenters. The molecule has 26 heavy (non-hydrogen) atoms. The van der Waals surface area contributed by atoms with E-state index in [1.165, 1.54) is 25.7 Å². The normalized spacial score (nSPS) is 24.1. The van der Waals surface area contributed by atoms with Gasteiger partial charge in [-0.25, -0.2) is 9.97 Å². The average molecular weight is 398 g/mol. The van der Waals surface area contributed by atoms with Gasteiger partial charge in [0.25, 0.3) is 0 Å². The molecule has 6 nitrogen and oxygen atoms in total. The Kier molecular flexibility index (Phi) is 7.43. The van der Waals surface area contributed by atoms with Crippen molar-refractivity contribution >= 4 is 30.7 Å². The summed E-state index contributed by atoms with van der Waals surface area (Å²) < 4.78 is 1.86. The molecular formula is C18H25Cl2N5O. The highest BCUT2D eigenvalue weighted by Gasteiger charge is 2.38. The summed E-state index contributed by atoms with van der Waals surface area (Å²) in [7, 11) is 0. The number of aromatic nitrogens is 3. The van der Waals surface area contributed by atoms with Crippen LogP contribution in [-0.2, 0) is 11.3 Å². The lowest BCUT2D eigenvalue weighted by Gasteiger charge is -2.24. The molecular weight excluding hydrogens is 373 g/mol. The van der Waals surface area contributed by atoms with Crippen LogP contribution >= 0.6 is 24.8 Å². The first-order valence-corrected chi connectivity index (χ1v) is 8.77. The summed E-state index contributed by atoms with van der Waals surface area (Å²) in [4.78, 5) is 21.0. The average Bonchev–Trinajstić information content (AvgIpc) is 3.29. The first-order chi connectivity index (χ1) is 11.8. The second-order valence-electron chi connectivity index (χ2n) is 6.78. The summed E-state index contributed by atoms with van der Waals surface area (Å²) in [6.07, 6.45) is 13.1. The number of hydrogen-bond donors (Lipinski definition) is 2. The van der Waals surface area contributed by atoms with Crippen LogP contribution in [0.1, 0.15) is 37.7 Å². The largest absolute Gasteiger partial charge is 0.351 e. The molecule has 2 aromatic heterocycles. The third kappa shape index (κ3) is 4.37. The summed E-state index contributed by atoms with van der Waals surface area (Å²) in [6.45, 7) is 0.480. The van der Waals surface area contributed by atoms with Crippen LogP contribution in [0.4, 0.5) is 0 Å². The topological polar surface area (TPSA) is 71.8 Å². The fourth-order valence-electron chi connectivity index (χ4n) is 4.01. The van der Waals surface area contributed by atoms with Gasteiger partial charge in [-0.05, 0) is 31.2 Å². The fourth-order valence-corrected chi connectivity index (χ4v) is 4.01. The van der Waals surface area contributed by atoms with Gasteiger partial charge in [0.2, 0.25) is 5.91 Å². The zero-order valence-electron chi connectivity index (χ0n) is 14.5. The van der Waals surface area contributed by atoms with E-state index in [1.807, 2.05) is 22.9 Å². The minimum atomic E-state index is -0.0496. The monoisotopic (exact) mass is 397 g/mol. The number of rotatable bonds is 4. The number of amides is 1. The lowest BCUT2D eigenvalue weighted by Crippen LogP contribution is -2.43. The van der Waals surface area contributed by atoms with E-state index < -0.39 is 0 Å². The maximum atomic E-state index is 12.5. The van der Waals surface area contributed by atoms with Gasteiger partial charge in [-0.3, -0.25) is 9.36 Å². The summed E-state index contributed by atoms with van der Waals surface area (Å²) >= 11 is 0. The highest BCUT2D eigenvalue weighted by atomic mass is 35.5. The summed E-state index contributed by atoms with van der Waals surface area (Å²) in [5.41, 5.74) is 0.985. The molecule has 3 heterocycles. The first kappa shape index (κ1) is 20.7. The van der Waals surface area contributed by atoms with Crippen molar-refractivity contribution in [1.29, 1.82) is 0 Å². The van der Waals surface area contributed by atoms with Crippen molar-refractivity contribution in [3.63, 3.8) is 0 Å². The Morgan fingerprint density at radius 2 is 2.12 bits per heavy atom. The van der Waals surface area contributed by atoms with Gasteiger partial charge in [0.1, 0.15) is 12.1 Å². The Morgan fingerprint density at radius 3 is 2.88 bits per heavy atom. The minimum absolute atomic E-state index is 0. The summed E-state index contributed by atoms with van der Waals surface area (Å²) in [5, 5.41) is 6.61. The van der Waals surface area contributed by atoms with Crippen molar-refractivity contribution in [3.05, 3.63) is 42.6 Å². The van der Waals surface area contributed by atoms with Crippen molar-refractivity contribution < 1.29 is 4.79 Å². The van der Waals surface area contributed by atoms with E-state index in [9.17, 15) is 4.79 Å². The van der Waals surface area contributed by atoms with Crippen LogP contribution in [0, 0.1) is 5.92 Å². The molecule has 0 radical (unpaired) electrons. The lowest BCUT2D eigenvalue weighted by molar-refractivity contribution is -0.123. The number of nitrogens with one attached hydrogen (secondary N) is 2. The number of pyridine rings is 1. The van der Waals surface area contributed by atoms with Gasteiger partial charge < -0.3 is 10.6 Å². The van der Waals surface area contributed by atoms with Crippen molar-refractivity contribution in [1.82, 2.24) is 25.2 Å². The van der Waals surface area contributed by atoms with Gasteiger partial charge in [0.05, 0.1) is 6.04 Å². The standard InChI is InChI=1S/C18H23N5O.2ClH/c24-18(16-10-13-4-1-2-6-15(13)22-16)21-11-14-5-3-7-20-17(14)23-9-8-19-12-23;;/h3,5,7-9,12-13,15-16,22H,1-2,4,6,10-11H2,(H,21,24);2*1H. The van der Waals surface area contributed by atoms with Crippen molar-refractivity contribution in [2.24, 2.45) is 5.92 Å². The first-order valence-electron chi connectivity index (χ1n) is 8.77. The van der Waals surface area contributed by atoms with Crippen LogP contribution < -0.4 is 10.6 Å². The molecule has 2 aromatic rings. The lowest BCUT2D eigenvalue weighted by atomic mass is 9.85. The maximum Gasteiger partial charge on any atom is 0.237 e. The molecule has 3 unspecified atom stereocenters. The number of nitrogens with zero attached hydrogens (tertiary/aromatic N) is 3. The minimum Gasteiger partial charge on any atom is -0.351 e. The zero-order chi connectivity index (χ0) is 16.4. The molecule has 8 heteroatoms. The van der Waals surface area contributed by atoms with Gasteiger partial charge in [0, 0.05) is 36.7 Å². The highest BCUT2D eigenvalue weighted by Crippen LogP contribution is 2.33. The van der Waals surface area contributed by atoms with Gasteiger partial charge >= 0.3 is 0 Å². The molecule has 2 fully saturated rings. The molecule has 1 amide bonds. The Morgan fingerprint density at radius 1 is 1.27 bits per heavy atom. The van der Waals surface area contributed by atoms with Crippen LogP contribution in [0.15, 0.2) is 37.1 Å². The predicted octanol–water partition coefficient (Wildman–Crippen LogP) is 2.65. The molecule has 1 saturated carbocycles. The SMILES string of the molecule is Cl.Cl.O=C(NCc1cccnc1-n1ccnc1)C1CC2CCCCC2N1. The number of hydrogen-bond acceptors (Lipinski definition) is 4. The number of fused-ring (bicyclic) bond motifs is 1. The quantitative estimate of drug-likeness (QED) is 0.831. The van der Waals surface area contributed by atoms with Crippen LogP contribution in [0.5, 0.6) is 0 Å². The van der Waals surface area contributed by atoms with Crippen molar-refractivity contribution in [2.45, 2.75) is 50.7 Å². The van der Waals surface area contributed by atoms with E-state index >= 15 is 0 Å². The van der Waals surface area contributed by atoms with Gasteiger partial charge in [-0.1, -0.05) is 18.9 Å². The zero-order valence-corrected chi connectivity index (χ0v) is 16.1. The Hall–Kier alpha value is -1.63. The second kappa shape index (κ2) is 9.35. The number of imidazole rings is 1.